The van der Waals surface area contributed by atoms with Crippen molar-refractivity contribution in [1.29, 1.82) is 5.26 Å². The zero-order chi connectivity index (χ0) is 13.9. The van der Waals surface area contributed by atoms with E-state index in [1.165, 1.54) is 4.90 Å². The first-order chi connectivity index (χ1) is 8.24. The molecular formula is C12H18N2O4. The van der Waals surface area contributed by atoms with E-state index in [-0.39, 0.29) is 13.0 Å². The Morgan fingerprint density at radius 2 is 2.06 bits per heavy atom. The highest BCUT2D eigenvalue weighted by Gasteiger charge is 2.37. The Bertz CT molecular complexity index is 381. The average Bonchev–Trinajstić information content (AvgIpc) is 2.25. The second-order valence-corrected chi connectivity index (χ2v) is 5.40. The molecule has 0 bridgehead atoms. The van der Waals surface area contributed by atoms with Gasteiger partial charge in [0.1, 0.15) is 5.60 Å². The lowest BCUT2D eigenvalue weighted by Gasteiger charge is -2.34. The van der Waals surface area contributed by atoms with Gasteiger partial charge >= 0.3 is 12.1 Å². The quantitative estimate of drug-likeness (QED) is 0.765. The van der Waals surface area contributed by atoms with Gasteiger partial charge in [0.2, 0.25) is 0 Å². The van der Waals surface area contributed by atoms with E-state index in [2.05, 4.69) is 0 Å². The number of ether oxygens (including phenoxy) is 1. The van der Waals surface area contributed by atoms with Crippen LogP contribution in [0.3, 0.4) is 0 Å². The third kappa shape index (κ3) is 3.62. The number of carboxylic acid groups (broad SMARTS) is 1. The molecule has 1 rings (SSSR count). The summed E-state index contributed by atoms with van der Waals surface area (Å²) in [7, 11) is 0. The van der Waals surface area contributed by atoms with Gasteiger partial charge in [0.25, 0.3) is 0 Å². The molecular weight excluding hydrogens is 236 g/mol. The van der Waals surface area contributed by atoms with E-state index in [0.717, 1.165) is 0 Å². The number of amides is 1. The van der Waals surface area contributed by atoms with Gasteiger partial charge in [0, 0.05) is 13.1 Å². The Hall–Kier alpha value is -1.77. The summed E-state index contributed by atoms with van der Waals surface area (Å²) in [6.45, 7) is 5.70. The van der Waals surface area contributed by atoms with Crippen molar-refractivity contribution < 1.29 is 19.4 Å². The molecule has 1 fully saturated rings. The Morgan fingerprint density at radius 3 is 2.50 bits per heavy atom. The van der Waals surface area contributed by atoms with Gasteiger partial charge in [-0.15, -0.1) is 0 Å². The highest BCUT2D eigenvalue weighted by atomic mass is 16.6. The number of likely N-dealkylation sites (tertiary alicyclic amines) is 1. The predicted octanol–water partition coefficient (Wildman–Crippen LogP) is 1.47. The lowest BCUT2D eigenvalue weighted by atomic mass is 9.87. The summed E-state index contributed by atoms with van der Waals surface area (Å²) in [5, 5.41) is 17.9. The molecule has 6 nitrogen and oxygen atoms in total. The molecule has 1 heterocycles. The van der Waals surface area contributed by atoms with Crippen LogP contribution < -0.4 is 0 Å². The van der Waals surface area contributed by atoms with Gasteiger partial charge in [-0.2, -0.15) is 5.26 Å². The van der Waals surface area contributed by atoms with Crippen molar-refractivity contribution in [2.75, 3.05) is 13.1 Å². The number of carbonyl (C=O) groups excluding carboxylic acids is 1. The van der Waals surface area contributed by atoms with Crippen LogP contribution in [0.25, 0.3) is 0 Å². The molecule has 6 heteroatoms. The molecule has 0 aromatic heterocycles. The Labute approximate surface area is 106 Å². The molecule has 0 aromatic carbocycles. The van der Waals surface area contributed by atoms with Gasteiger partial charge in [-0.05, 0) is 27.2 Å². The number of carbonyl (C=O) groups is 2. The van der Waals surface area contributed by atoms with Gasteiger partial charge < -0.3 is 14.7 Å². The molecule has 1 saturated heterocycles. The molecule has 1 N–H and O–H groups in total. The van der Waals surface area contributed by atoms with Crippen LogP contribution in [0.1, 0.15) is 27.2 Å². The van der Waals surface area contributed by atoms with E-state index >= 15 is 0 Å². The fourth-order valence-corrected chi connectivity index (χ4v) is 1.87. The zero-order valence-corrected chi connectivity index (χ0v) is 10.8. The Kier molecular flexibility index (Phi) is 4.17. The largest absolute Gasteiger partial charge is 0.481 e. The number of aliphatic carboxylic acids is 1. The number of piperidine rings is 1. The minimum atomic E-state index is -0.981. The molecule has 1 aliphatic rings. The number of rotatable bonds is 1. The molecule has 0 unspecified atom stereocenters. The first-order valence-electron chi connectivity index (χ1n) is 5.85. The van der Waals surface area contributed by atoms with Crippen LogP contribution >= 0.6 is 0 Å². The average molecular weight is 254 g/mol. The minimum Gasteiger partial charge on any atom is -0.481 e. The SMILES string of the molecule is CC(C)(C)OC(=O)N1CC[C@@H](C(=O)O)[C@@H](C#N)C1. The second-order valence-electron chi connectivity index (χ2n) is 5.40. The van der Waals surface area contributed by atoms with Crippen LogP contribution in [0.5, 0.6) is 0 Å². The maximum absolute atomic E-state index is 11.8. The van der Waals surface area contributed by atoms with Crippen LogP contribution in [0.15, 0.2) is 0 Å². The summed E-state index contributed by atoms with van der Waals surface area (Å²) in [6, 6.07) is 1.95. The molecule has 18 heavy (non-hydrogen) atoms. The molecule has 2 atom stereocenters. The van der Waals surface area contributed by atoms with Crippen molar-refractivity contribution in [3.63, 3.8) is 0 Å². The van der Waals surface area contributed by atoms with Crippen LogP contribution in [0.2, 0.25) is 0 Å². The predicted molar refractivity (Wildman–Crippen MR) is 62.7 cm³/mol. The van der Waals surface area contributed by atoms with Gasteiger partial charge in [-0.25, -0.2) is 4.79 Å². The zero-order valence-electron chi connectivity index (χ0n) is 10.8. The number of hydrogen-bond donors (Lipinski definition) is 1. The molecule has 0 aromatic rings. The van der Waals surface area contributed by atoms with E-state index in [0.29, 0.717) is 6.54 Å². The number of nitriles is 1. The lowest BCUT2D eigenvalue weighted by molar-refractivity contribution is -0.144. The fourth-order valence-electron chi connectivity index (χ4n) is 1.87. The maximum atomic E-state index is 11.8. The fraction of sp³-hybridized carbons (Fsp3) is 0.750. The van der Waals surface area contributed by atoms with Crippen LogP contribution in [-0.2, 0) is 9.53 Å². The van der Waals surface area contributed by atoms with Gasteiger partial charge in [0.15, 0.2) is 0 Å². The highest BCUT2D eigenvalue weighted by Crippen LogP contribution is 2.24. The Morgan fingerprint density at radius 1 is 1.44 bits per heavy atom. The van der Waals surface area contributed by atoms with Crippen molar-refractivity contribution in [3.8, 4) is 6.07 Å². The van der Waals surface area contributed by atoms with Gasteiger partial charge in [-0.1, -0.05) is 0 Å². The topological polar surface area (TPSA) is 90.6 Å². The van der Waals surface area contributed by atoms with Crippen molar-refractivity contribution in [2.24, 2.45) is 11.8 Å². The molecule has 0 aliphatic carbocycles. The molecule has 100 valence electrons. The van der Waals surface area contributed by atoms with Crippen molar-refractivity contribution in [1.82, 2.24) is 4.90 Å². The summed E-state index contributed by atoms with van der Waals surface area (Å²) in [5.41, 5.74) is -0.594. The molecule has 0 spiro atoms. The number of nitrogens with zero attached hydrogens (tertiary/aromatic N) is 2. The third-order valence-corrected chi connectivity index (χ3v) is 2.75. The minimum absolute atomic E-state index is 0.113. The number of carboxylic acids is 1. The van der Waals surface area contributed by atoms with Crippen LogP contribution in [0.4, 0.5) is 4.79 Å². The van der Waals surface area contributed by atoms with Crippen LogP contribution in [-0.4, -0.2) is 40.8 Å². The van der Waals surface area contributed by atoms with Crippen molar-refractivity contribution in [3.05, 3.63) is 0 Å². The van der Waals surface area contributed by atoms with Gasteiger partial charge in [-0.3, -0.25) is 4.79 Å². The van der Waals surface area contributed by atoms with Crippen LogP contribution in [0, 0.1) is 23.2 Å². The monoisotopic (exact) mass is 254 g/mol. The summed E-state index contributed by atoms with van der Waals surface area (Å²) in [4.78, 5) is 24.1. The van der Waals surface area contributed by atoms with Crippen molar-refractivity contribution in [2.45, 2.75) is 32.8 Å². The third-order valence-electron chi connectivity index (χ3n) is 2.75. The molecule has 0 radical (unpaired) electrons. The van der Waals surface area contributed by atoms with E-state index in [9.17, 15) is 9.59 Å². The normalized spacial score (nSPS) is 24.2. The maximum Gasteiger partial charge on any atom is 0.410 e. The smallest absolute Gasteiger partial charge is 0.410 e. The van der Waals surface area contributed by atoms with Crippen molar-refractivity contribution >= 4 is 12.1 Å². The molecule has 1 aliphatic heterocycles. The lowest BCUT2D eigenvalue weighted by Crippen LogP contribution is -2.47. The summed E-state index contributed by atoms with van der Waals surface area (Å²) >= 11 is 0. The summed E-state index contributed by atoms with van der Waals surface area (Å²) < 4.78 is 5.20. The standard InChI is InChI=1S/C12H18N2O4/c1-12(2,3)18-11(17)14-5-4-9(10(15)16)8(6-13)7-14/h8-9H,4-5,7H2,1-3H3,(H,15,16)/t8-,9+/m0/s1. The Balaban J connectivity index is 2.66. The summed E-state index contributed by atoms with van der Waals surface area (Å²) in [5.74, 6) is -2.36. The molecule has 0 saturated carbocycles. The summed E-state index contributed by atoms with van der Waals surface area (Å²) in [6.07, 6.45) is -0.209. The number of hydrogen-bond acceptors (Lipinski definition) is 4. The first-order valence-corrected chi connectivity index (χ1v) is 5.85. The van der Waals surface area contributed by atoms with E-state index in [1.807, 2.05) is 6.07 Å². The van der Waals surface area contributed by atoms with Gasteiger partial charge in [0.05, 0.1) is 17.9 Å². The second kappa shape index (κ2) is 5.25. The van der Waals surface area contributed by atoms with E-state index in [4.69, 9.17) is 15.1 Å². The molecule has 1 amide bonds. The van der Waals surface area contributed by atoms with E-state index < -0.39 is 29.5 Å². The highest BCUT2D eigenvalue weighted by molar-refractivity contribution is 5.72. The first kappa shape index (κ1) is 14.3. The van der Waals surface area contributed by atoms with E-state index in [1.54, 1.807) is 20.8 Å².